The number of hydrogen-bond donors (Lipinski definition) is 0. The van der Waals surface area contributed by atoms with Crippen LogP contribution < -0.4 is 14.4 Å². The van der Waals surface area contributed by atoms with Crippen molar-refractivity contribution in [1.29, 1.82) is 0 Å². The fourth-order valence-corrected chi connectivity index (χ4v) is 16.6. The van der Waals surface area contributed by atoms with Gasteiger partial charge in [0, 0.05) is 37.0 Å². The van der Waals surface area contributed by atoms with Gasteiger partial charge in [0.15, 0.2) is 5.82 Å². The van der Waals surface area contributed by atoms with Gasteiger partial charge in [-0.2, -0.15) is 9.97 Å². The minimum Gasteiger partial charge on any atom is -0.474 e. The van der Waals surface area contributed by atoms with Gasteiger partial charge < -0.3 is 14.4 Å². The molecule has 11 heteroatoms. The highest BCUT2D eigenvalue weighted by Crippen LogP contribution is 2.46. The van der Waals surface area contributed by atoms with E-state index in [0.29, 0.717) is 63.6 Å². The van der Waals surface area contributed by atoms with E-state index in [-0.39, 0.29) is 41.4 Å². The van der Waals surface area contributed by atoms with E-state index in [1.54, 1.807) is 6.07 Å². The third kappa shape index (κ3) is 7.14. The Morgan fingerprint density at radius 2 is 1.62 bits per heavy atom. The Hall–Kier alpha value is -3.88. The molecule has 0 spiro atoms. The molecule has 2 aromatic heterocycles. The van der Waals surface area contributed by atoms with Gasteiger partial charge in [-0.25, -0.2) is 18.2 Å². The molecule has 4 fully saturated rings. The minimum atomic E-state index is -2.26. The van der Waals surface area contributed by atoms with E-state index in [0.717, 1.165) is 56.3 Å². The summed E-state index contributed by atoms with van der Waals surface area (Å²) >= 11 is 0. The number of rotatable bonds is 10. The van der Waals surface area contributed by atoms with Crippen LogP contribution in [0, 0.1) is 41.9 Å². The first-order chi connectivity index (χ1) is 27.6. The molecule has 310 valence electrons. The van der Waals surface area contributed by atoms with Gasteiger partial charge >= 0.3 is 6.01 Å². The highest BCUT2D eigenvalue weighted by Gasteiger charge is 2.49. The molecule has 7 nitrogen and oxygen atoms in total. The van der Waals surface area contributed by atoms with Gasteiger partial charge in [0.2, 0.25) is 5.88 Å². The van der Waals surface area contributed by atoms with Gasteiger partial charge in [-0.05, 0) is 111 Å². The lowest BCUT2D eigenvalue weighted by molar-refractivity contribution is 0.107. The Labute approximate surface area is 343 Å². The van der Waals surface area contributed by atoms with E-state index in [1.165, 1.54) is 12.5 Å². The Kier molecular flexibility index (Phi) is 11.0. The topological polar surface area (TPSA) is 63.6 Å². The summed E-state index contributed by atoms with van der Waals surface area (Å²) in [5.74, 6) is 4.08. The SMILES string of the molecule is Cc1cc(-c2nc(OC(C)C)c3c(N4CC5CCC(C5)C4)nc(OC[C@@]45CCCN4C[C@H](F)C5)nc3c2F)c2c(C#C[Si](C(C)C)(C(C)C)C(C)C)c(F)ccc2c1. The Morgan fingerprint density at radius 3 is 2.29 bits per heavy atom. The van der Waals surface area contributed by atoms with Gasteiger partial charge in [-0.1, -0.05) is 59.6 Å². The maximum Gasteiger partial charge on any atom is 0.319 e. The second-order valence-corrected chi connectivity index (χ2v) is 24.7. The standard InChI is InChI=1S/C47H60F3N5O2Si/c1-27(2)57-45-40-43(52-46(53-44(40)54-23-32-11-12-33(21-32)24-54)56-26-47-16-10-17-55(47)25-35(48)22-47)41(50)42(51-45)37-20-31(9)19-34-13-14-38(49)36(39(34)37)15-18-58(28(3)4,29(5)6)30(7)8/h13-14,19-20,27-30,32-33,35H,10-12,16-17,21-26H2,1-9H3/t32?,33?,35-,47+/m1/s1. The van der Waals surface area contributed by atoms with Crippen LogP contribution in [0.1, 0.15) is 105 Å². The first kappa shape index (κ1) is 40.9. The van der Waals surface area contributed by atoms with Crippen LogP contribution in [0.15, 0.2) is 24.3 Å². The monoisotopic (exact) mass is 811 g/mol. The highest BCUT2D eigenvalue weighted by atomic mass is 28.3. The van der Waals surface area contributed by atoms with E-state index < -0.39 is 31.4 Å². The molecule has 4 aliphatic rings. The van der Waals surface area contributed by atoms with Crippen LogP contribution in [-0.4, -0.2) is 78.5 Å². The number of anilines is 1. The molecule has 0 N–H and O–H groups in total. The molecular weight excluding hydrogens is 752 g/mol. The number of halogens is 3. The van der Waals surface area contributed by atoms with Gasteiger partial charge in [-0.3, -0.25) is 4.90 Å². The number of hydrogen-bond acceptors (Lipinski definition) is 7. The molecule has 0 amide bonds. The summed E-state index contributed by atoms with van der Waals surface area (Å²) in [5.41, 5.74) is 5.92. The quantitative estimate of drug-likeness (QED) is 0.117. The number of aromatic nitrogens is 3. The maximum absolute atomic E-state index is 17.9. The zero-order chi connectivity index (χ0) is 41.3. The smallest absolute Gasteiger partial charge is 0.319 e. The zero-order valence-electron chi connectivity index (χ0n) is 35.8. The number of alkyl halides is 1. The van der Waals surface area contributed by atoms with Crippen LogP contribution in [-0.2, 0) is 0 Å². The zero-order valence-corrected chi connectivity index (χ0v) is 36.8. The van der Waals surface area contributed by atoms with Crippen LogP contribution in [0.5, 0.6) is 11.9 Å². The van der Waals surface area contributed by atoms with Crippen molar-refractivity contribution in [1.82, 2.24) is 19.9 Å². The lowest BCUT2D eigenvalue weighted by Gasteiger charge is -2.38. The van der Waals surface area contributed by atoms with Gasteiger partial charge in [0.1, 0.15) is 49.1 Å². The molecule has 2 unspecified atom stereocenters. The van der Waals surface area contributed by atoms with Crippen LogP contribution in [0.4, 0.5) is 19.0 Å². The molecule has 0 radical (unpaired) electrons. The van der Waals surface area contributed by atoms with Crippen molar-refractivity contribution in [3.8, 4) is 34.6 Å². The number of ether oxygens (including phenoxy) is 2. The van der Waals surface area contributed by atoms with E-state index >= 15 is 8.78 Å². The van der Waals surface area contributed by atoms with Crippen molar-refractivity contribution in [3.05, 3.63) is 47.0 Å². The molecule has 3 aliphatic heterocycles. The van der Waals surface area contributed by atoms with Gasteiger partial charge in [-0.15, -0.1) is 5.54 Å². The molecule has 4 aromatic rings. The van der Waals surface area contributed by atoms with E-state index in [2.05, 4.69) is 62.8 Å². The summed E-state index contributed by atoms with van der Waals surface area (Å²) < 4.78 is 62.0. The fourth-order valence-electron chi connectivity index (χ4n) is 11.4. The number of benzene rings is 2. The number of fused-ring (bicyclic) bond motifs is 5. The average Bonchev–Trinajstić information content (AvgIpc) is 3.81. The first-order valence-electron chi connectivity index (χ1n) is 21.7. The third-order valence-corrected chi connectivity index (χ3v) is 20.2. The molecule has 3 saturated heterocycles. The van der Waals surface area contributed by atoms with Crippen molar-refractivity contribution in [3.63, 3.8) is 0 Å². The first-order valence-corrected chi connectivity index (χ1v) is 23.9. The van der Waals surface area contributed by atoms with Crippen molar-refractivity contribution >= 4 is 35.6 Å². The minimum absolute atomic E-state index is 0.0107. The predicted molar refractivity (Wildman–Crippen MR) is 230 cm³/mol. The molecule has 1 aliphatic carbocycles. The van der Waals surface area contributed by atoms with Crippen molar-refractivity contribution in [2.75, 3.05) is 37.7 Å². The largest absolute Gasteiger partial charge is 0.474 e. The average molecular weight is 812 g/mol. The lowest BCUT2D eigenvalue weighted by Crippen LogP contribution is -2.43. The number of aryl methyl sites for hydroxylation is 1. The van der Waals surface area contributed by atoms with E-state index in [9.17, 15) is 4.39 Å². The summed E-state index contributed by atoms with van der Waals surface area (Å²) in [5, 5.41) is 1.66. The Morgan fingerprint density at radius 1 is 0.914 bits per heavy atom. The third-order valence-electron chi connectivity index (χ3n) is 13.9. The molecule has 5 heterocycles. The lowest BCUT2D eigenvalue weighted by atomic mass is 9.94. The molecule has 4 atom stereocenters. The highest BCUT2D eigenvalue weighted by molar-refractivity contribution is 6.90. The van der Waals surface area contributed by atoms with Crippen LogP contribution in [0.3, 0.4) is 0 Å². The van der Waals surface area contributed by atoms with Crippen molar-refractivity contribution < 1.29 is 22.6 Å². The second kappa shape index (κ2) is 15.6. The van der Waals surface area contributed by atoms with Crippen LogP contribution >= 0.6 is 0 Å². The van der Waals surface area contributed by atoms with E-state index in [1.807, 2.05) is 32.9 Å². The Bertz CT molecular complexity index is 2250. The van der Waals surface area contributed by atoms with E-state index in [4.69, 9.17) is 24.4 Å². The number of nitrogens with zero attached hydrogens (tertiary/aromatic N) is 5. The normalized spacial score (nSPS) is 23.5. The molecular formula is C47H60F3N5O2Si. The Balaban J connectivity index is 1.36. The predicted octanol–water partition coefficient (Wildman–Crippen LogP) is 11.0. The molecule has 8 rings (SSSR count). The summed E-state index contributed by atoms with van der Waals surface area (Å²) in [6.07, 6.45) is 4.47. The number of pyridine rings is 1. The molecule has 2 aromatic carbocycles. The number of piperidine rings is 1. The molecule has 2 bridgehead atoms. The maximum atomic E-state index is 17.9. The summed E-state index contributed by atoms with van der Waals surface area (Å²) in [6.45, 7) is 22.2. The second-order valence-electron chi connectivity index (χ2n) is 19.1. The fraction of sp³-hybridized carbons (Fsp3) is 0.596. The molecule has 1 saturated carbocycles. The van der Waals surface area contributed by atoms with Crippen LogP contribution in [0.2, 0.25) is 16.6 Å². The van der Waals surface area contributed by atoms with Crippen LogP contribution in [0.25, 0.3) is 32.9 Å². The van der Waals surface area contributed by atoms with Crippen molar-refractivity contribution in [2.45, 2.75) is 135 Å². The summed E-state index contributed by atoms with van der Waals surface area (Å²) in [7, 11) is -2.26. The van der Waals surface area contributed by atoms with Gasteiger partial charge in [0.25, 0.3) is 0 Å². The summed E-state index contributed by atoms with van der Waals surface area (Å²) in [4.78, 5) is 19.3. The molecule has 58 heavy (non-hydrogen) atoms. The van der Waals surface area contributed by atoms with Crippen molar-refractivity contribution in [2.24, 2.45) is 11.8 Å². The summed E-state index contributed by atoms with van der Waals surface area (Å²) in [6, 6.07) is 7.11. The van der Waals surface area contributed by atoms with Gasteiger partial charge in [0.05, 0.1) is 17.2 Å².